The van der Waals surface area contributed by atoms with E-state index >= 15 is 0 Å². The Bertz CT molecular complexity index is 1140. The molecule has 0 N–H and O–H groups in total. The van der Waals surface area contributed by atoms with Gasteiger partial charge in [0.25, 0.3) is 0 Å². The van der Waals surface area contributed by atoms with E-state index in [0.717, 1.165) is 26.2 Å². The summed E-state index contributed by atoms with van der Waals surface area (Å²) in [4.78, 5) is 54.7. The molecule has 9 nitrogen and oxygen atoms in total. The number of hydrogen-bond donors (Lipinski definition) is 0. The van der Waals surface area contributed by atoms with Crippen LogP contribution in [0.3, 0.4) is 0 Å². The van der Waals surface area contributed by atoms with Crippen LogP contribution in [0.15, 0.2) is 48.5 Å². The highest BCUT2D eigenvalue weighted by Gasteiger charge is 2.58. The molecule has 0 saturated carbocycles. The summed E-state index contributed by atoms with van der Waals surface area (Å²) in [6, 6.07) is 15.4. The van der Waals surface area contributed by atoms with Crippen molar-refractivity contribution in [3.8, 4) is 0 Å². The number of likely N-dealkylation sites (N-methyl/N-ethyl adjacent to an activating group) is 1. The molecule has 3 heterocycles. The molecule has 0 aliphatic carbocycles. The summed E-state index contributed by atoms with van der Waals surface area (Å²) in [5, 5.41) is 0. The van der Waals surface area contributed by atoms with Gasteiger partial charge in [-0.05, 0) is 35.9 Å². The Morgan fingerprint density at radius 1 is 0.941 bits per heavy atom. The fraction of sp³-hybridized carbons (Fsp3) is 0.360. The van der Waals surface area contributed by atoms with Gasteiger partial charge in [-0.1, -0.05) is 18.2 Å². The first-order valence-electron chi connectivity index (χ1n) is 11.3. The number of rotatable bonds is 5. The molecule has 0 atom stereocenters. The van der Waals surface area contributed by atoms with E-state index < -0.39 is 23.6 Å². The fourth-order valence-corrected chi connectivity index (χ4v) is 4.75. The number of fused-ring (bicyclic) bond motifs is 1. The number of carbonyl (C=O) groups excluding carboxylic acids is 4. The minimum Gasteiger partial charge on any atom is -0.404 e. The number of carbonyl (C=O) groups is 4. The largest absolute Gasteiger partial charge is 0.421 e. The zero-order chi connectivity index (χ0) is 23.9. The second-order valence-corrected chi connectivity index (χ2v) is 8.75. The molecule has 34 heavy (non-hydrogen) atoms. The molecular formula is C25H25N3O6. The fourth-order valence-electron chi connectivity index (χ4n) is 4.75. The molecule has 0 radical (unpaired) electrons. The molecule has 2 saturated heterocycles. The molecule has 2 aromatic carbocycles. The number of esters is 2. The summed E-state index contributed by atoms with van der Waals surface area (Å²) in [7, 11) is 1.51. The molecule has 0 unspecified atom stereocenters. The third-order valence-corrected chi connectivity index (χ3v) is 6.65. The number of ether oxygens (including phenoxy) is 2. The van der Waals surface area contributed by atoms with Gasteiger partial charge in [-0.3, -0.25) is 14.5 Å². The summed E-state index contributed by atoms with van der Waals surface area (Å²) in [6.07, 6.45) is 0.250. The Kier molecular flexibility index (Phi) is 5.57. The van der Waals surface area contributed by atoms with Crippen molar-refractivity contribution < 1.29 is 28.7 Å². The first-order chi connectivity index (χ1) is 16.4. The predicted octanol–water partition coefficient (Wildman–Crippen LogP) is 1.40. The molecule has 3 aliphatic rings. The highest BCUT2D eigenvalue weighted by molar-refractivity contribution is 6.32. The maximum Gasteiger partial charge on any atom is 0.421 e. The normalized spacial score (nSPS) is 19.7. The van der Waals surface area contributed by atoms with Crippen molar-refractivity contribution >= 4 is 35.0 Å². The molecule has 5 rings (SSSR count). The van der Waals surface area contributed by atoms with E-state index in [1.165, 1.54) is 17.6 Å². The van der Waals surface area contributed by atoms with Gasteiger partial charge in [0.2, 0.25) is 0 Å². The van der Waals surface area contributed by atoms with E-state index in [0.29, 0.717) is 29.8 Å². The lowest BCUT2D eigenvalue weighted by molar-refractivity contribution is -0.188. The van der Waals surface area contributed by atoms with E-state index in [-0.39, 0.29) is 12.2 Å². The Labute approximate surface area is 196 Å². The Hall–Kier alpha value is -3.72. The van der Waals surface area contributed by atoms with Gasteiger partial charge in [-0.15, -0.1) is 0 Å². The lowest BCUT2D eigenvalue weighted by Gasteiger charge is -2.36. The van der Waals surface area contributed by atoms with E-state index in [2.05, 4.69) is 21.9 Å². The molecule has 2 fully saturated rings. The van der Waals surface area contributed by atoms with Crippen molar-refractivity contribution in [1.82, 2.24) is 4.90 Å². The summed E-state index contributed by atoms with van der Waals surface area (Å²) >= 11 is 0. The maximum absolute atomic E-state index is 12.9. The van der Waals surface area contributed by atoms with Crippen LogP contribution in [-0.2, 0) is 30.3 Å². The highest BCUT2D eigenvalue weighted by Crippen LogP contribution is 2.38. The minimum absolute atomic E-state index is 0.0118. The Morgan fingerprint density at radius 3 is 2.29 bits per heavy atom. The lowest BCUT2D eigenvalue weighted by Crippen LogP contribution is -2.54. The van der Waals surface area contributed by atoms with Gasteiger partial charge in [-0.2, -0.15) is 0 Å². The van der Waals surface area contributed by atoms with Crippen LogP contribution in [0, 0.1) is 0 Å². The van der Waals surface area contributed by atoms with Crippen molar-refractivity contribution in [3.63, 3.8) is 0 Å². The number of benzene rings is 2. The number of ketones is 1. The third-order valence-electron chi connectivity index (χ3n) is 6.65. The predicted molar refractivity (Wildman–Crippen MR) is 123 cm³/mol. The first-order valence-corrected chi connectivity index (χ1v) is 11.3. The van der Waals surface area contributed by atoms with Gasteiger partial charge >= 0.3 is 23.6 Å². The minimum atomic E-state index is -1.99. The molecule has 3 aliphatic heterocycles. The zero-order valence-electron chi connectivity index (χ0n) is 18.9. The van der Waals surface area contributed by atoms with Gasteiger partial charge in [0.05, 0.1) is 6.42 Å². The average Bonchev–Trinajstić information content (AvgIpc) is 3.15. The van der Waals surface area contributed by atoms with Gasteiger partial charge in [-0.25, -0.2) is 9.59 Å². The second kappa shape index (κ2) is 8.57. The number of Topliss-reactive ketones (excluding diaryl/α,β-unsaturated/α-hetero) is 1. The number of piperazine rings is 1. The van der Waals surface area contributed by atoms with Crippen LogP contribution in [0.5, 0.6) is 0 Å². The monoisotopic (exact) mass is 463 g/mol. The second-order valence-electron chi connectivity index (χ2n) is 8.75. The molecular weight excluding hydrogens is 438 g/mol. The van der Waals surface area contributed by atoms with Crippen LogP contribution in [0.2, 0.25) is 0 Å². The number of anilines is 2. The third kappa shape index (κ3) is 3.92. The van der Waals surface area contributed by atoms with Crippen molar-refractivity contribution in [3.05, 3.63) is 59.7 Å². The number of nitrogens with zero attached hydrogens (tertiary/aromatic N) is 3. The standard InChI is InChI=1S/C25H25N3O6/c1-26-20-8-7-17(15-18(20)16-25(24(26)32)33-22(30)23(31)34-25)21(29)9-10-27-11-13-28(14-12-27)19-5-3-2-4-6-19/h2-8,15H,9-14,16H2,1H3. The molecule has 1 spiro atoms. The maximum atomic E-state index is 12.9. The number of para-hydroxylation sites is 1. The molecule has 0 bridgehead atoms. The summed E-state index contributed by atoms with van der Waals surface area (Å²) in [6.45, 7) is 4.26. The van der Waals surface area contributed by atoms with Crippen LogP contribution in [0.25, 0.3) is 0 Å². The van der Waals surface area contributed by atoms with Crippen molar-refractivity contribution in [2.75, 3.05) is 49.6 Å². The van der Waals surface area contributed by atoms with Crippen LogP contribution >= 0.6 is 0 Å². The molecule has 0 aromatic heterocycles. The van der Waals surface area contributed by atoms with Crippen LogP contribution in [-0.4, -0.2) is 74.1 Å². The SMILES string of the molecule is CN1C(=O)C2(Cc3cc(C(=O)CCN4CCN(c5ccccc5)CC4)ccc31)OC(=O)C(=O)O2. The van der Waals surface area contributed by atoms with E-state index in [9.17, 15) is 19.2 Å². The van der Waals surface area contributed by atoms with Gasteiger partial charge < -0.3 is 19.3 Å². The van der Waals surface area contributed by atoms with Gasteiger partial charge in [0, 0.05) is 63.1 Å². The number of amides is 1. The smallest absolute Gasteiger partial charge is 0.404 e. The van der Waals surface area contributed by atoms with Crippen molar-refractivity contribution in [2.45, 2.75) is 18.6 Å². The van der Waals surface area contributed by atoms with E-state index in [1.807, 2.05) is 18.2 Å². The van der Waals surface area contributed by atoms with Gasteiger partial charge in [0.15, 0.2) is 5.78 Å². The molecule has 1 amide bonds. The first kappa shape index (κ1) is 22.1. The van der Waals surface area contributed by atoms with Crippen LogP contribution in [0.1, 0.15) is 22.3 Å². The Balaban J connectivity index is 1.22. The summed E-state index contributed by atoms with van der Waals surface area (Å²) in [5.74, 6) is -5.01. The van der Waals surface area contributed by atoms with E-state index in [4.69, 9.17) is 9.47 Å². The quantitative estimate of drug-likeness (QED) is 0.373. The topological polar surface area (TPSA) is 96.5 Å². The average molecular weight is 463 g/mol. The zero-order valence-corrected chi connectivity index (χ0v) is 18.9. The van der Waals surface area contributed by atoms with Crippen LogP contribution < -0.4 is 9.80 Å². The molecule has 9 heteroatoms. The number of hydrogen-bond acceptors (Lipinski definition) is 8. The summed E-state index contributed by atoms with van der Waals surface area (Å²) in [5.41, 5.74) is 2.91. The molecule has 176 valence electrons. The molecule has 2 aromatic rings. The highest BCUT2D eigenvalue weighted by atomic mass is 16.8. The van der Waals surface area contributed by atoms with Gasteiger partial charge in [0.1, 0.15) is 0 Å². The summed E-state index contributed by atoms with van der Waals surface area (Å²) < 4.78 is 10.0. The van der Waals surface area contributed by atoms with E-state index in [1.54, 1.807) is 18.2 Å². The van der Waals surface area contributed by atoms with Crippen molar-refractivity contribution in [1.29, 1.82) is 0 Å². The van der Waals surface area contributed by atoms with Crippen LogP contribution in [0.4, 0.5) is 11.4 Å². The Morgan fingerprint density at radius 2 is 1.62 bits per heavy atom. The lowest BCUT2D eigenvalue weighted by atomic mass is 9.93. The van der Waals surface area contributed by atoms with Crippen molar-refractivity contribution in [2.24, 2.45) is 0 Å².